The molecule has 0 aliphatic rings. The van der Waals surface area contributed by atoms with E-state index in [9.17, 15) is 0 Å². The summed E-state index contributed by atoms with van der Waals surface area (Å²) in [6, 6.07) is 25.6. The van der Waals surface area contributed by atoms with Crippen LogP contribution in [-0.4, -0.2) is 4.98 Å². The minimum Gasteiger partial charge on any atom is -0.252 e. The lowest BCUT2D eigenvalue weighted by Gasteiger charge is -2.10. The Kier molecular flexibility index (Phi) is 3.12. The van der Waals surface area contributed by atoms with Crippen molar-refractivity contribution >= 4 is 21.7 Å². The molecule has 0 amide bonds. The van der Waals surface area contributed by atoms with E-state index < -0.39 is 0 Å². The largest absolute Gasteiger partial charge is 0.252 e. The molecule has 0 atom stereocenters. The van der Waals surface area contributed by atoms with Crippen LogP contribution in [0.15, 0.2) is 72.8 Å². The van der Waals surface area contributed by atoms with Crippen molar-refractivity contribution in [3.8, 4) is 0 Å². The van der Waals surface area contributed by atoms with E-state index in [1.807, 2.05) is 0 Å². The molecule has 1 heterocycles. The molecule has 1 aromatic heterocycles. The van der Waals surface area contributed by atoms with Crippen molar-refractivity contribution in [2.24, 2.45) is 0 Å². The summed E-state index contributed by atoms with van der Waals surface area (Å²) in [7, 11) is 0. The molecule has 4 rings (SSSR count). The van der Waals surface area contributed by atoms with Crippen LogP contribution in [0.5, 0.6) is 0 Å². The molecule has 0 radical (unpaired) electrons. The Balaban J connectivity index is 1.95. The van der Waals surface area contributed by atoms with Gasteiger partial charge in [-0.3, -0.25) is 4.98 Å². The number of aryl methyl sites for hydroxylation is 1. The third kappa shape index (κ3) is 2.25. The van der Waals surface area contributed by atoms with Crippen molar-refractivity contribution in [2.45, 2.75) is 13.3 Å². The molecule has 0 saturated carbocycles. The molecule has 0 N–H and O–H groups in total. The lowest BCUT2D eigenvalue weighted by Crippen LogP contribution is -1.96. The Morgan fingerprint density at radius 3 is 2.27 bits per heavy atom. The SMILES string of the molecule is Cc1cccc(Cc2nc3ccccc3c3ccccc23)c1. The molecule has 4 aromatic rings. The summed E-state index contributed by atoms with van der Waals surface area (Å²) in [6.07, 6.45) is 0.868. The summed E-state index contributed by atoms with van der Waals surface area (Å²) in [5, 5.41) is 3.77. The third-order valence-electron chi connectivity index (χ3n) is 4.14. The average molecular weight is 283 g/mol. The van der Waals surface area contributed by atoms with Crippen LogP contribution in [0.25, 0.3) is 21.7 Å². The predicted octanol–water partition coefficient (Wildman–Crippen LogP) is 5.29. The summed E-state index contributed by atoms with van der Waals surface area (Å²) in [6.45, 7) is 2.13. The van der Waals surface area contributed by atoms with Crippen molar-refractivity contribution in [1.82, 2.24) is 4.98 Å². The summed E-state index contributed by atoms with van der Waals surface area (Å²) in [5.41, 5.74) is 4.83. The van der Waals surface area contributed by atoms with Gasteiger partial charge in [0.2, 0.25) is 0 Å². The third-order valence-corrected chi connectivity index (χ3v) is 4.14. The van der Waals surface area contributed by atoms with Gasteiger partial charge in [-0.15, -0.1) is 0 Å². The van der Waals surface area contributed by atoms with Crippen molar-refractivity contribution in [2.75, 3.05) is 0 Å². The Labute approximate surface area is 130 Å². The maximum Gasteiger partial charge on any atom is 0.0711 e. The number of hydrogen-bond donors (Lipinski definition) is 0. The topological polar surface area (TPSA) is 12.9 Å². The van der Waals surface area contributed by atoms with E-state index in [1.54, 1.807) is 0 Å². The highest BCUT2D eigenvalue weighted by atomic mass is 14.7. The smallest absolute Gasteiger partial charge is 0.0711 e. The zero-order chi connectivity index (χ0) is 14.9. The monoisotopic (exact) mass is 283 g/mol. The van der Waals surface area contributed by atoms with Gasteiger partial charge in [-0.1, -0.05) is 72.3 Å². The quantitative estimate of drug-likeness (QED) is 0.456. The van der Waals surface area contributed by atoms with E-state index in [-0.39, 0.29) is 0 Å². The first-order valence-electron chi connectivity index (χ1n) is 7.63. The van der Waals surface area contributed by atoms with Gasteiger partial charge < -0.3 is 0 Å². The van der Waals surface area contributed by atoms with Crippen LogP contribution in [-0.2, 0) is 6.42 Å². The van der Waals surface area contributed by atoms with Crippen LogP contribution in [0.1, 0.15) is 16.8 Å². The minimum absolute atomic E-state index is 0.868. The molecule has 3 aromatic carbocycles. The van der Waals surface area contributed by atoms with Gasteiger partial charge >= 0.3 is 0 Å². The first-order chi connectivity index (χ1) is 10.8. The van der Waals surface area contributed by atoms with Gasteiger partial charge in [-0.25, -0.2) is 0 Å². The molecule has 0 bridgehead atoms. The Morgan fingerprint density at radius 2 is 1.45 bits per heavy atom. The zero-order valence-corrected chi connectivity index (χ0v) is 12.6. The number of rotatable bonds is 2. The van der Waals surface area contributed by atoms with Gasteiger partial charge in [0, 0.05) is 17.2 Å². The van der Waals surface area contributed by atoms with Gasteiger partial charge in [0.1, 0.15) is 0 Å². The predicted molar refractivity (Wildman–Crippen MR) is 93.2 cm³/mol. The number of aromatic nitrogens is 1. The van der Waals surface area contributed by atoms with Crippen molar-refractivity contribution in [3.05, 3.63) is 89.6 Å². The average Bonchev–Trinajstić information content (AvgIpc) is 2.55. The normalized spacial score (nSPS) is 11.1. The first kappa shape index (κ1) is 13.0. The van der Waals surface area contributed by atoms with Gasteiger partial charge in [0.25, 0.3) is 0 Å². The first-order valence-corrected chi connectivity index (χ1v) is 7.63. The number of nitrogens with zero attached hydrogens (tertiary/aromatic N) is 1. The van der Waals surface area contributed by atoms with E-state index in [4.69, 9.17) is 4.98 Å². The van der Waals surface area contributed by atoms with E-state index in [0.717, 1.165) is 17.6 Å². The van der Waals surface area contributed by atoms with Crippen LogP contribution in [0, 0.1) is 6.92 Å². The summed E-state index contributed by atoms with van der Waals surface area (Å²) < 4.78 is 0. The maximum atomic E-state index is 4.93. The number of benzene rings is 3. The summed E-state index contributed by atoms with van der Waals surface area (Å²) in [5.74, 6) is 0. The fraction of sp³-hybridized carbons (Fsp3) is 0.0952. The van der Waals surface area contributed by atoms with E-state index in [1.165, 1.54) is 27.3 Å². The second kappa shape index (κ2) is 5.27. The summed E-state index contributed by atoms with van der Waals surface area (Å²) in [4.78, 5) is 4.93. The number of hydrogen-bond acceptors (Lipinski definition) is 1. The van der Waals surface area contributed by atoms with E-state index >= 15 is 0 Å². The van der Waals surface area contributed by atoms with E-state index in [2.05, 4.69) is 79.7 Å². The maximum absolute atomic E-state index is 4.93. The van der Waals surface area contributed by atoms with Gasteiger partial charge in [0.15, 0.2) is 0 Å². The van der Waals surface area contributed by atoms with Crippen molar-refractivity contribution in [1.29, 1.82) is 0 Å². The zero-order valence-electron chi connectivity index (χ0n) is 12.6. The molecule has 106 valence electrons. The standard InChI is InChI=1S/C21H17N/c1-15-7-6-8-16(13-15)14-21-19-11-3-2-9-17(19)18-10-4-5-12-20(18)22-21/h2-13H,14H2,1H3. The van der Waals surface area contributed by atoms with E-state index in [0.29, 0.717) is 0 Å². The fourth-order valence-electron chi connectivity index (χ4n) is 3.12. The van der Waals surface area contributed by atoms with Gasteiger partial charge in [0.05, 0.1) is 11.2 Å². The Bertz CT molecular complexity index is 970. The summed E-state index contributed by atoms with van der Waals surface area (Å²) >= 11 is 0. The van der Waals surface area contributed by atoms with Crippen LogP contribution in [0.3, 0.4) is 0 Å². The highest BCUT2D eigenvalue weighted by Crippen LogP contribution is 2.27. The molecule has 1 nitrogen and oxygen atoms in total. The number of para-hydroxylation sites is 1. The van der Waals surface area contributed by atoms with Crippen LogP contribution >= 0.6 is 0 Å². The molecular formula is C21H17N. The minimum atomic E-state index is 0.868. The van der Waals surface area contributed by atoms with Gasteiger partial charge in [-0.2, -0.15) is 0 Å². The highest BCUT2D eigenvalue weighted by molar-refractivity contribution is 6.06. The van der Waals surface area contributed by atoms with Crippen molar-refractivity contribution < 1.29 is 0 Å². The molecule has 22 heavy (non-hydrogen) atoms. The van der Waals surface area contributed by atoms with Crippen molar-refractivity contribution in [3.63, 3.8) is 0 Å². The Hall–Kier alpha value is -2.67. The molecule has 0 saturated heterocycles. The lowest BCUT2D eigenvalue weighted by molar-refractivity contribution is 1.12. The number of pyridine rings is 1. The second-order valence-corrected chi connectivity index (χ2v) is 5.79. The second-order valence-electron chi connectivity index (χ2n) is 5.79. The van der Waals surface area contributed by atoms with Gasteiger partial charge in [-0.05, 0) is 23.9 Å². The Morgan fingerprint density at radius 1 is 0.727 bits per heavy atom. The molecule has 0 aliphatic heterocycles. The molecule has 0 fully saturated rings. The number of fused-ring (bicyclic) bond motifs is 3. The van der Waals surface area contributed by atoms with Crippen LogP contribution in [0.2, 0.25) is 0 Å². The molecule has 0 spiro atoms. The fourth-order valence-corrected chi connectivity index (χ4v) is 3.12. The van der Waals surface area contributed by atoms with Crippen LogP contribution < -0.4 is 0 Å². The molecule has 0 aliphatic carbocycles. The molecular weight excluding hydrogens is 266 g/mol. The molecule has 1 heteroatoms. The van der Waals surface area contributed by atoms with Crippen LogP contribution in [0.4, 0.5) is 0 Å². The lowest BCUT2D eigenvalue weighted by atomic mass is 9.99. The molecule has 0 unspecified atom stereocenters. The highest BCUT2D eigenvalue weighted by Gasteiger charge is 2.08.